The first kappa shape index (κ1) is 25.1. The second-order valence-corrected chi connectivity index (χ2v) is 9.51. The quantitative estimate of drug-likeness (QED) is 0.241. The van der Waals surface area contributed by atoms with Crippen LogP contribution in [0.2, 0.25) is 5.02 Å². The van der Waals surface area contributed by atoms with Crippen LogP contribution in [0.5, 0.6) is 0 Å². The van der Waals surface area contributed by atoms with Crippen molar-refractivity contribution < 1.29 is 8.78 Å². The van der Waals surface area contributed by atoms with E-state index >= 15 is 0 Å². The van der Waals surface area contributed by atoms with Crippen LogP contribution in [0.15, 0.2) is 61.1 Å². The standard InChI is InChI=1S/C27H28ClF2N7/c1-37-13-12-31-26(37)21-4-2-3-5-23(21)35-25-22(28)15-33-27(36-25)34-20-11-7-17-6-9-19(32-16-24(29)30)10-8-18(17)14-20/h2-5,7,11-15,19,24,32H,6,8-10,16H2,1H3,(H2,33,34,35,36). The van der Waals surface area contributed by atoms with Crippen LogP contribution in [0.3, 0.4) is 0 Å². The van der Waals surface area contributed by atoms with E-state index in [1.54, 1.807) is 12.4 Å². The molecule has 3 N–H and O–H groups in total. The number of nitrogens with one attached hydrogen (secondary N) is 3. The number of hydrogen-bond acceptors (Lipinski definition) is 6. The fourth-order valence-corrected chi connectivity index (χ4v) is 4.77. The van der Waals surface area contributed by atoms with E-state index in [1.807, 2.05) is 48.1 Å². The van der Waals surface area contributed by atoms with Crippen LogP contribution in [-0.4, -0.2) is 38.5 Å². The number of alkyl halides is 2. The molecule has 0 fully saturated rings. The van der Waals surface area contributed by atoms with Crippen molar-refractivity contribution in [2.75, 3.05) is 17.2 Å². The summed E-state index contributed by atoms with van der Waals surface area (Å²) in [6.45, 7) is -0.260. The lowest BCUT2D eigenvalue weighted by atomic mass is 10.0. The van der Waals surface area contributed by atoms with Crippen LogP contribution in [-0.2, 0) is 19.9 Å². The number of benzene rings is 2. The summed E-state index contributed by atoms with van der Waals surface area (Å²) in [6.07, 6.45) is 6.24. The van der Waals surface area contributed by atoms with Crippen LogP contribution in [0.25, 0.3) is 11.4 Å². The predicted octanol–water partition coefficient (Wildman–Crippen LogP) is 6.12. The summed E-state index contributed by atoms with van der Waals surface area (Å²) in [7, 11) is 1.94. The summed E-state index contributed by atoms with van der Waals surface area (Å²) in [5.74, 6) is 1.71. The fourth-order valence-electron chi connectivity index (χ4n) is 4.63. The normalized spacial score (nSPS) is 15.3. The molecule has 4 aromatic rings. The minimum atomic E-state index is -2.33. The van der Waals surface area contributed by atoms with Gasteiger partial charge in [-0.25, -0.2) is 18.7 Å². The van der Waals surface area contributed by atoms with E-state index in [9.17, 15) is 8.78 Å². The average Bonchev–Trinajstić information content (AvgIpc) is 3.21. The SMILES string of the molecule is Cn1ccnc1-c1ccccc1Nc1nc(Nc2ccc3c(c2)CCC(NCC(F)F)CC3)ncc1Cl. The first-order valence-corrected chi connectivity index (χ1v) is 12.6. The van der Waals surface area contributed by atoms with Crippen molar-refractivity contribution in [1.29, 1.82) is 0 Å². The number of halogens is 3. The second kappa shape index (κ2) is 11.2. The molecule has 0 amide bonds. The van der Waals surface area contributed by atoms with Crippen LogP contribution in [0.1, 0.15) is 24.0 Å². The Kier molecular flexibility index (Phi) is 7.62. The maximum absolute atomic E-state index is 12.6. The number of imidazole rings is 1. The lowest BCUT2D eigenvalue weighted by Gasteiger charge is -2.15. The number of aryl methyl sites for hydroxylation is 3. The smallest absolute Gasteiger partial charge is 0.250 e. The van der Waals surface area contributed by atoms with E-state index in [-0.39, 0.29) is 12.6 Å². The molecule has 0 saturated heterocycles. The first-order chi connectivity index (χ1) is 18.0. The van der Waals surface area contributed by atoms with Gasteiger partial charge in [-0.2, -0.15) is 4.98 Å². The molecule has 2 heterocycles. The Balaban J connectivity index is 1.32. The number of para-hydroxylation sites is 1. The third-order valence-electron chi connectivity index (χ3n) is 6.53. The van der Waals surface area contributed by atoms with Crippen LogP contribution in [0.4, 0.5) is 31.9 Å². The van der Waals surface area contributed by atoms with Crippen LogP contribution >= 0.6 is 11.6 Å². The van der Waals surface area contributed by atoms with E-state index in [1.165, 1.54) is 11.1 Å². The first-order valence-electron chi connectivity index (χ1n) is 12.2. The number of nitrogens with zero attached hydrogens (tertiary/aromatic N) is 4. The molecule has 2 aromatic carbocycles. The molecule has 1 unspecified atom stereocenters. The number of hydrogen-bond donors (Lipinski definition) is 3. The number of fused-ring (bicyclic) bond motifs is 1. The molecular formula is C27H28ClF2N7. The predicted molar refractivity (Wildman–Crippen MR) is 143 cm³/mol. The molecule has 0 saturated carbocycles. The molecule has 10 heteroatoms. The van der Waals surface area contributed by atoms with Gasteiger partial charge < -0.3 is 20.5 Å². The Morgan fingerprint density at radius 1 is 1.05 bits per heavy atom. The van der Waals surface area contributed by atoms with Crippen molar-refractivity contribution >= 4 is 34.7 Å². The summed E-state index contributed by atoms with van der Waals surface area (Å²) in [6, 6.07) is 14.1. The highest BCUT2D eigenvalue weighted by atomic mass is 35.5. The summed E-state index contributed by atoms with van der Waals surface area (Å²) in [5.41, 5.74) is 5.06. The molecule has 5 rings (SSSR count). The zero-order valence-corrected chi connectivity index (χ0v) is 21.1. The number of aromatic nitrogens is 4. The zero-order valence-electron chi connectivity index (χ0n) is 20.4. The van der Waals surface area contributed by atoms with Gasteiger partial charge in [0.05, 0.1) is 18.4 Å². The van der Waals surface area contributed by atoms with Crippen LogP contribution < -0.4 is 16.0 Å². The summed E-state index contributed by atoms with van der Waals surface area (Å²) in [4.78, 5) is 13.4. The van der Waals surface area contributed by atoms with Gasteiger partial charge in [0.15, 0.2) is 5.82 Å². The van der Waals surface area contributed by atoms with Crippen molar-refractivity contribution in [3.8, 4) is 11.4 Å². The molecular weight excluding hydrogens is 496 g/mol. The van der Waals surface area contributed by atoms with E-state index in [0.717, 1.165) is 48.4 Å². The molecule has 2 aromatic heterocycles. The van der Waals surface area contributed by atoms with Crippen molar-refractivity contribution in [2.24, 2.45) is 7.05 Å². The average molecular weight is 524 g/mol. The maximum Gasteiger partial charge on any atom is 0.250 e. The third kappa shape index (κ3) is 6.06. The molecule has 37 heavy (non-hydrogen) atoms. The lowest BCUT2D eigenvalue weighted by molar-refractivity contribution is 0.140. The number of anilines is 4. The van der Waals surface area contributed by atoms with Gasteiger partial charge in [0.1, 0.15) is 10.8 Å². The zero-order chi connectivity index (χ0) is 25.8. The van der Waals surface area contributed by atoms with Gasteiger partial charge in [0.25, 0.3) is 6.43 Å². The molecule has 0 aliphatic heterocycles. The Labute approximate surface area is 219 Å². The van der Waals surface area contributed by atoms with Crippen molar-refractivity contribution in [1.82, 2.24) is 24.8 Å². The molecule has 192 valence electrons. The highest BCUT2D eigenvalue weighted by Crippen LogP contribution is 2.32. The topological polar surface area (TPSA) is 79.7 Å². The number of rotatable bonds is 8. The highest BCUT2D eigenvalue weighted by molar-refractivity contribution is 6.33. The van der Waals surface area contributed by atoms with Crippen LogP contribution in [0, 0.1) is 0 Å². The molecule has 0 spiro atoms. The van der Waals surface area contributed by atoms with Gasteiger partial charge in [-0.1, -0.05) is 29.8 Å². The van der Waals surface area contributed by atoms with Gasteiger partial charge in [0, 0.05) is 36.7 Å². The minimum absolute atomic E-state index is 0.0969. The van der Waals surface area contributed by atoms with Gasteiger partial charge in [0.2, 0.25) is 5.95 Å². The van der Waals surface area contributed by atoms with Crippen molar-refractivity contribution in [3.05, 3.63) is 77.2 Å². The van der Waals surface area contributed by atoms with E-state index < -0.39 is 6.43 Å². The molecule has 1 aliphatic rings. The van der Waals surface area contributed by atoms with E-state index in [4.69, 9.17) is 11.6 Å². The minimum Gasteiger partial charge on any atom is -0.338 e. The Morgan fingerprint density at radius 2 is 1.86 bits per heavy atom. The van der Waals surface area contributed by atoms with Gasteiger partial charge in [-0.15, -0.1) is 0 Å². The maximum atomic E-state index is 12.6. The Hall–Kier alpha value is -3.56. The molecule has 7 nitrogen and oxygen atoms in total. The second-order valence-electron chi connectivity index (χ2n) is 9.10. The van der Waals surface area contributed by atoms with Crippen molar-refractivity contribution in [3.63, 3.8) is 0 Å². The molecule has 1 aliphatic carbocycles. The summed E-state index contributed by atoms with van der Waals surface area (Å²) in [5, 5.41) is 9.99. The third-order valence-corrected chi connectivity index (χ3v) is 6.81. The Morgan fingerprint density at radius 3 is 2.65 bits per heavy atom. The Bertz CT molecular complexity index is 1370. The van der Waals surface area contributed by atoms with Crippen molar-refractivity contribution in [2.45, 2.75) is 38.2 Å². The van der Waals surface area contributed by atoms with Gasteiger partial charge >= 0.3 is 0 Å². The molecule has 0 radical (unpaired) electrons. The summed E-state index contributed by atoms with van der Waals surface area (Å²) < 4.78 is 27.1. The monoisotopic (exact) mass is 523 g/mol. The van der Waals surface area contributed by atoms with E-state index in [2.05, 4.69) is 43.0 Å². The molecule has 1 atom stereocenters. The van der Waals surface area contributed by atoms with Gasteiger partial charge in [-0.05, 0) is 61.1 Å². The summed E-state index contributed by atoms with van der Waals surface area (Å²) >= 11 is 6.44. The largest absolute Gasteiger partial charge is 0.338 e. The highest BCUT2D eigenvalue weighted by Gasteiger charge is 2.18. The lowest BCUT2D eigenvalue weighted by Crippen LogP contribution is -2.33. The fraction of sp³-hybridized carbons (Fsp3) is 0.296. The van der Waals surface area contributed by atoms with E-state index in [0.29, 0.717) is 16.8 Å². The van der Waals surface area contributed by atoms with Gasteiger partial charge in [-0.3, -0.25) is 0 Å². The molecule has 0 bridgehead atoms.